The molecular formula is C40H66N2O9. The van der Waals surface area contributed by atoms with Gasteiger partial charge in [-0.1, -0.05) is 27.7 Å². The fourth-order valence-electron chi connectivity index (χ4n) is 12.5. The first kappa shape index (κ1) is 40.3. The van der Waals surface area contributed by atoms with Gasteiger partial charge in [-0.2, -0.15) is 5.48 Å². The molecule has 5 fully saturated rings. The molecule has 5 saturated carbocycles. The number of carbonyl (C=O) groups is 4. The number of carboxylic acids is 2. The van der Waals surface area contributed by atoms with Crippen molar-refractivity contribution in [1.82, 2.24) is 10.8 Å². The van der Waals surface area contributed by atoms with E-state index >= 15 is 0 Å². The third kappa shape index (κ3) is 8.58. The smallest absolute Gasteiger partial charge is 0.303 e. The van der Waals surface area contributed by atoms with Crippen LogP contribution in [0.2, 0.25) is 0 Å². The first-order valence-corrected chi connectivity index (χ1v) is 19.9. The summed E-state index contributed by atoms with van der Waals surface area (Å²) in [7, 11) is 1.91. The van der Waals surface area contributed by atoms with Crippen molar-refractivity contribution >= 4 is 24.5 Å². The SMILES string of the molecule is CO[C@]1(CCC(C)CON[C@@H](C=O)CCC(=O)O)CC2CC3C4CCC5CC(OCN[C@@H](C=O)CCC(=O)O)CCC5(C)C4CCC3(C)C2[C@@H]1C. The van der Waals surface area contributed by atoms with E-state index in [-0.39, 0.29) is 50.0 Å². The Kier molecular flexibility index (Phi) is 13.5. The number of rotatable bonds is 20. The number of aldehydes is 2. The van der Waals surface area contributed by atoms with Crippen LogP contribution < -0.4 is 10.8 Å². The van der Waals surface area contributed by atoms with Crippen molar-refractivity contribution in [1.29, 1.82) is 0 Å². The summed E-state index contributed by atoms with van der Waals surface area (Å²) in [6.45, 7) is 10.6. The van der Waals surface area contributed by atoms with Gasteiger partial charge < -0.3 is 34.1 Å². The number of methoxy groups -OCH3 is 1. The van der Waals surface area contributed by atoms with Gasteiger partial charge in [0.1, 0.15) is 12.6 Å². The van der Waals surface area contributed by atoms with Gasteiger partial charge in [0.2, 0.25) is 0 Å². The lowest BCUT2D eigenvalue weighted by molar-refractivity contribution is -0.144. The molecule has 5 aliphatic rings. The maximum Gasteiger partial charge on any atom is 0.303 e. The summed E-state index contributed by atoms with van der Waals surface area (Å²) in [6, 6.07) is -1.11. The van der Waals surface area contributed by atoms with E-state index in [1.54, 1.807) is 0 Å². The van der Waals surface area contributed by atoms with E-state index < -0.39 is 24.0 Å². The molecule has 0 bridgehead atoms. The van der Waals surface area contributed by atoms with Crippen molar-refractivity contribution in [3.63, 3.8) is 0 Å². The number of carbonyl (C=O) groups excluding carboxylic acids is 2. The second-order valence-corrected chi connectivity index (χ2v) is 17.8. The van der Waals surface area contributed by atoms with Crippen molar-refractivity contribution in [3.05, 3.63) is 0 Å². The Hall–Kier alpha value is -1.92. The molecule has 290 valence electrons. The highest BCUT2D eigenvalue weighted by atomic mass is 16.6. The number of hydrogen-bond donors (Lipinski definition) is 4. The number of hydroxylamine groups is 1. The van der Waals surface area contributed by atoms with Crippen LogP contribution in [0.4, 0.5) is 0 Å². The molecule has 11 heteroatoms. The van der Waals surface area contributed by atoms with Crippen LogP contribution in [-0.4, -0.2) is 79.0 Å². The zero-order valence-electron chi connectivity index (χ0n) is 31.8. The molecule has 10 unspecified atom stereocenters. The average molecular weight is 719 g/mol. The summed E-state index contributed by atoms with van der Waals surface area (Å²) in [4.78, 5) is 50.1. The summed E-state index contributed by atoms with van der Waals surface area (Å²) in [6.07, 6.45) is 15.0. The maximum atomic E-state index is 11.4. The predicted octanol–water partition coefficient (Wildman–Crippen LogP) is 6.03. The number of fused-ring (bicyclic) bond motifs is 7. The molecule has 4 N–H and O–H groups in total. The van der Waals surface area contributed by atoms with Crippen LogP contribution in [0.25, 0.3) is 0 Å². The third-order valence-electron chi connectivity index (χ3n) is 15.3. The normalized spacial score (nSPS) is 40.3. The van der Waals surface area contributed by atoms with Gasteiger partial charge in [0.05, 0.1) is 37.1 Å². The number of carboxylic acid groups (broad SMARTS) is 2. The maximum absolute atomic E-state index is 11.4. The standard InChI is InChI=1S/C40H66N2O9/c1-25(23-51-42-30(22-44)8-11-36(47)48)12-17-40(49-5)20-27-18-34-32-9-6-28-19-31(50-24-41-29(21-43)7-10-35(45)46)13-15-38(28,3)33(32)14-16-39(34,4)37(27)26(40)2/h21-22,25-34,37,41-42H,6-20,23-24H2,1-5H3,(H,45,46)(H,47,48)/t25?,26-,27?,28?,29+,30+,31?,32?,33?,34?,37?,38?,39?,40+/m0/s1. The predicted molar refractivity (Wildman–Crippen MR) is 191 cm³/mol. The van der Waals surface area contributed by atoms with Gasteiger partial charge >= 0.3 is 11.9 Å². The lowest BCUT2D eigenvalue weighted by atomic mass is 9.44. The van der Waals surface area contributed by atoms with Crippen molar-refractivity contribution < 1.29 is 43.7 Å². The van der Waals surface area contributed by atoms with Gasteiger partial charge in [0.15, 0.2) is 0 Å². The van der Waals surface area contributed by atoms with Gasteiger partial charge in [-0.15, -0.1) is 0 Å². The minimum atomic E-state index is -0.924. The molecule has 0 spiro atoms. The molecule has 0 aromatic carbocycles. The fraction of sp³-hybridized carbons (Fsp3) is 0.900. The Morgan fingerprint density at radius 1 is 0.902 bits per heavy atom. The first-order valence-electron chi connectivity index (χ1n) is 19.9. The van der Waals surface area contributed by atoms with E-state index in [0.717, 1.165) is 56.1 Å². The van der Waals surface area contributed by atoms with Crippen molar-refractivity contribution in [2.45, 2.75) is 148 Å². The van der Waals surface area contributed by atoms with Crippen LogP contribution in [0.5, 0.6) is 0 Å². The summed E-state index contributed by atoms with van der Waals surface area (Å²) < 4.78 is 12.7. The van der Waals surface area contributed by atoms with Crippen LogP contribution in [0, 0.1) is 58.2 Å². The van der Waals surface area contributed by atoms with Gasteiger partial charge in [-0.3, -0.25) is 14.9 Å². The number of aliphatic carboxylic acids is 2. The van der Waals surface area contributed by atoms with E-state index in [9.17, 15) is 19.2 Å². The highest BCUT2D eigenvalue weighted by molar-refractivity contribution is 5.68. The second kappa shape index (κ2) is 17.0. The molecule has 0 amide bonds. The summed E-state index contributed by atoms with van der Waals surface area (Å²) in [5.74, 6) is 3.29. The molecule has 5 aliphatic carbocycles. The molecule has 0 radical (unpaired) electrons. The van der Waals surface area contributed by atoms with E-state index in [2.05, 4.69) is 38.5 Å². The van der Waals surface area contributed by atoms with Crippen LogP contribution >= 0.6 is 0 Å². The van der Waals surface area contributed by atoms with Crippen molar-refractivity contribution in [2.24, 2.45) is 58.2 Å². The van der Waals surface area contributed by atoms with Gasteiger partial charge in [-0.05, 0) is 142 Å². The van der Waals surface area contributed by atoms with Crippen LogP contribution in [0.15, 0.2) is 0 Å². The Bertz CT molecular complexity index is 1220. The molecule has 0 aromatic rings. The number of hydrogen-bond acceptors (Lipinski definition) is 9. The fourth-order valence-corrected chi connectivity index (χ4v) is 12.5. The van der Waals surface area contributed by atoms with Gasteiger partial charge in [-0.25, -0.2) is 0 Å². The van der Waals surface area contributed by atoms with E-state index in [0.29, 0.717) is 47.4 Å². The first-order chi connectivity index (χ1) is 24.3. The molecule has 0 aromatic heterocycles. The Labute approximate surface area is 305 Å². The molecule has 5 rings (SSSR count). The number of nitrogens with one attached hydrogen (secondary N) is 2. The topological polar surface area (TPSA) is 160 Å². The molecule has 14 atom stereocenters. The Balaban J connectivity index is 1.13. The summed E-state index contributed by atoms with van der Waals surface area (Å²) in [5.41, 5.74) is 3.31. The minimum Gasteiger partial charge on any atom is -0.481 e. The van der Waals surface area contributed by atoms with E-state index in [1.807, 2.05) is 7.11 Å². The highest BCUT2D eigenvalue weighted by Gasteiger charge is 2.67. The van der Waals surface area contributed by atoms with Crippen molar-refractivity contribution in [2.75, 3.05) is 20.4 Å². The number of ether oxygens (including phenoxy) is 2. The zero-order valence-corrected chi connectivity index (χ0v) is 31.8. The molecule has 0 heterocycles. The Morgan fingerprint density at radius 2 is 1.59 bits per heavy atom. The van der Waals surface area contributed by atoms with Crippen LogP contribution in [-0.2, 0) is 33.5 Å². The lowest BCUT2D eigenvalue weighted by Crippen LogP contribution is -2.55. The molecular weight excluding hydrogens is 652 g/mol. The zero-order chi connectivity index (χ0) is 37.0. The van der Waals surface area contributed by atoms with E-state index in [1.165, 1.54) is 38.5 Å². The second-order valence-electron chi connectivity index (χ2n) is 17.8. The monoisotopic (exact) mass is 718 g/mol. The van der Waals surface area contributed by atoms with Crippen molar-refractivity contribution in [3.8, 4) is 0 Å². The average Bonchev–Trinajstić information content (AvgIpc) is 3.56. The molecule has 0 saturated heterocycles. The molecule has 51 heavy (non-hydrogen) atoms. The lowest BCUT2D eigenvalue weighted by Gasteiger charge is -2.61. The van der Waals surface area contributed by atoms with Gasteiger partial charge in [0, 0.05) is 20.0 Å². The van der Waals surface area contributed by atoms with E-state index in [4.69, 9.17) is 24.5 Å². The molecule has 11 nitrogen and oxygen atoms in total. The Morgan fingerprint density at radius 3 is 2.25 bits per heavy atom. The summed E-state index contributed by atoms with van der Waals surface area (Å²) >= 11 is 0. The quantitative estimate of drug-likeness (QED) is 0.0661. The third-order valence-corrected chi connectivity index (χ3v) is 15.3. The summed E-state index contributed by atoms with van der Waals surface area (Å²) in [5, 5.41) is 21.0. The largest absolute Gasteiger partial charge is 0.481 e. The highest BCUT2D eigenvalue weighted by Crippen LogP contribution is 2.73. The molecule has 0 aliphatic heterocycles. The van der Waals surface area contributed by atoms with Gasteiger partial charge in [0.25, 0.3) is 0 Å². The minimum absolute atomic E-state index is 0.0318. The van der Waals surface area contributed by atoms with Crippen LogP contribution in [0.1, 0.15) is 124 Å². The van der Waals surface area contributed by atoms with Crippen LogP contribution in [0.3, 0.4) is 0 Å².